The third-order valence-electron chi connectivity index (χ3n) is 3.64. The number of piperazine rings is 1. The van der Waals surface area contributed by atoms with E-state index in [2.05, 4.69) is 5.32 Å². The van der Waals surface area contributed by atoms with E-state index in [9.17, 15) is 9.59 Å². The Morgan fingerprint density at radius 2 is 2.10 bits per heavy atom. The molecule has 1 aliphatic heterocycles. The Kier molecular flexibility index (Phi) is 7.54. The van der Waals surface area contributed by atoms with Crippen LogP contribution in [0.4, 0.5) is 0 Å². The van der Waals surface area contributed by atoms with Gasteiger partial charge in [0.25, 0.3) is 0 Å². The molecular formula is C14H26N2O4. The molecule has 0 spiro atoms. The number of hydrogen-bond acceptors (Lipinski definition) is 4. The largest absolute Gasteiger partial charge is 0.382 e. The van der Waals surface area contributed by atoms with E-state index in [4.69, 9.17) is 9.47 Å². The SMILES string of the molecule is CCC(C)C1C(=O)NCC(=O)N1CCCOCCOC. The molecule has 1 saturated heterocycles. The fraction of sp³-hybridized carbons (Fsp3) is 0.857. The minimum Gasteiger partial charge on any atom is -0.382 e. The molecule has 1 aliphatic rings. The van der Waals surface area contributed by atoms with Crippen LogP contribution in [0.25, 0.3) is 0 Å². The zero-order valence-electron chi connectivity index (χ0n) is 12.7. The first-order valence-corrected chi connectivity index (χ1v) is 7.25. The molecule has 6 nitrogen and oxygen atoms in total. The molecule has 2 amide bonds. The molecule has 116 valence electrons. The summed E-state index contributed by atoms with van der Waals surface area (Å²) >= 11 is 0. The van der Waals surface area contributed by atoms with Gasteiger partial charge in [-0.25, -0.2) is 0 Å². The highest BCUT2D eigenvalue weighted by Crippen LogP contribution is 2.18. The smallest absolute Gasteiger partial charge is 0.243 e. The first-order chi connectivity index (χ1) is 9.61. The lowest BCUT2D eigenvalue weighted by molar-refractivity contribution is -0.147. The van der Waals surface area contributed by atoms with Crippen molar-refractivity contribution in [1.29, 1.82) is 0 Å². The van der Waals surface area contributed by atoms with E-state index in [-0.39, 0.29) is 30.3 Å². The molecule has 2 unspecified atom stereocenters. The van der Waals surface area contributed by atoms with Gasteiger partial charge in [-0.15, -0.1) is 0 Å². The molecule has 1 rings (SSSR count). The van der Waals surface area contributed by atoms with Gasteiger partial charge in [0.1, 0.15) is 6.04 Å². The molecule has 6 heteroatoms. The Morgan fingerprint density at radius 1 is 1.35 bits per heavy atom. The summed E-state index contributed by atoms with van der Waals surface area (Å²) in [5.74, 6) is 0.111. The molecular weight excluding hydrogens is 260 g/mol. The van der Waals surface area contributed by atoms with Crippen LogP contribution in [0.15, 0.2) is 0 Å². The average Bonchev–Trinajstić information content (AvgIpc) is 2.45. The van der Waals surface area contributed by atoms with E-state index >= 15 is 0 Å². The van der Waals surface area contributed by atoms with Crippen LogP contribution in [-0.2, 0) is 19.1 Å². The van der Waals surface area contributed by atoms with Crippen LogP contribution in [-0.4, -0.2) is 62.8 Å². The summed E-state index contributed by atoms with van der Waals surface area (Å²) in [6, 6.07) is -0.347. The number of nitrogens with one attached hydrogen (secondary N) is 1. The molecule has 1 N–H and O–H groups in total. The summed E-state index contributed by atoms with van der Waals surface area (Å²) in [4.78, 5) is 25.7. The van der Waals surface area contributed by atoms with E-state index in [0.717, 1.165) is 12.8 Å². The maximum Gasteiger partial charge on any atom is 0.243 e. The third-order valence-corrected chi connectivity index (χ3v) is 3.64. The van der Waals surface area contributed by atoms with Crippen molar-refractivity contribution in [2.24, 2.45) is 5.92 Å². The summed E-state index contributed by atoms with van der Waals surface area (Å²) in [5, 5.41) is 2.67. The van der Waals surface area contributed by atoms with Crippen LogP contribution in [0.2, 0.25) is 0 Å². The molecule has 0 aromatic heterocycles. The number of rotatable bonds is 9. The van der Waals surface area contributed by atoms with Crippen molar-refractivity contribution in [3.05, 3.63) is 0 Å². The molecule has 1 heterocycles. The highest BCUT2D eigenvalue weighted by Gasteiger charge is 2.36. The number of methoxy groups -OCH3 is 1. The monoisotopic (exact) mass is 286 g/mol. The van der Waals surface area contributed by atoms with Gasteiger partial charge >= 0.3 is 0 Å². The van der Waals surface area contributed by atoms with Crippen LogP contribution in [0.1, 0.15) is 26.7 Å². The number of hydrogen-bond donors (Lipinski definition) is 1. The molecule has 0 aromatic carbocycles. The zero-order valence-corrected chi connectivity index (χ0v) is 12.7. The Morgan fingerprint density at radius 3 is 2.75 bits per heavy atom. The van der Waals surface area contributed by atoms with E-state index in [1.807, 2.05) is 13.8 Å². The van der Waals surface area contributed by atoms with Gasteiger partial charge in [0.05, 0.1) is 19.8 Å². The number of amides is 2. The van der Waals surface area contributed by atoms with Gasteiger partial charge in [0.15, 0.2) is 0 Å². The number of ether oxygens (including phenoxy) is 2. The summed E-state index contributed by atoms with van der Waals surface area (Å²) in [6.45, 7) is 6.40. The van der Waals surface area contributed by atoms with Gasteiger partial charge in [-0.3, -0.25) is 9.59 Å². The lowest BCUT2D eigenvalue weighted by atomic mass is 9.95. The van der Waals surface area contributed by atoms with Crippen molar-refractivity contribution >= 4 is 11.8 Å². The fourth-order valence-electron chi connectivity index (χ4n) is 2.30. The van der Waals surface area contributed by atoms with Crippen LogP contribution < -0.4 is 5.32 Å². The van der Waals surface area contributed by atoms with Crippen molar-refractivity contribution in [3.63, 3.8) is 0 Å². The fourth-order valence-corrected chi connectivity index (χ4v) is 2.30. The van der Waals surface area contributed by atoms with E-state index in [1.54, 1.807) is 12.0 Å². The van der Waals surface area contributed by atoms with Crippen molar-refractivity contribution in [2.75, 3.05) is 40.0 Å². The summed E-state index contributed by atoms with van der Waals surface area (Å²) in [6.07, 6.45) is 1.60. The van der Waals surface area contributed by atoms with E-state index in [0.29, 0.717) is 26.4 Å². The quantitative estimate of drug-likeness (QED) is 0.624. The Hall–Kier alpha value is -1.14. The standard InChI is InChI=1S/C14H26N2O4/c1-4-11(2)13-14(18)15-10-12(17)16(13)6-5-7-20-9-8-19-3/h11,13H,4-10H2,1-3H3,(H,15,18). The number of carbonyl (C=O) groups is 2. The maximum atomic E-state index is 12.0. The predicted molar refractivity (Wildman–Crippen MR) is 75.3 cm³/mol. The molecule has 1 fully saturated rings. The lowest BCUT2D eigenvalue weighted by Crippen LogP contribution is -2.60. The first-order valence-electron chi connectivity index (χ1n) is 7.25. The van der Waals surface area contributed by atoms with Crippen molar-refractivity contribution in [2.45, 2.75) is 32.7 Å². The predicted octanol–water partition coefficient (Wildman–Crippen LogP) is 0.413. The van der Waals surface area contributed by atoms with Gasteiger partial charge in [0.2, 0.25) is 11.8 Å². The highest BCUT2D eigenvalue weighted by molar-refractivity contribution is 5.94. The minimum absolute atomic E-state index is 0.00760. The number of nitrogens with zero attached hydrogens (tertiary/aromatic N) is 1. The van der Waals surface area contributed by atoms with Gasteiger partial charge in [0, 0.05) is 20.3 Å². The van der Waals surface area contributed by atoms with E-state index < -0.39 is 0 Å². The van der Waals surface area contributed by atoms with Crippen LogP contribution in [0, 0.1) is 5.92 Å². The van der Waals surface area contributed by atoms with Crippen LogP contribution in [0.5, 0.6) is 0 Å². The Labute approximate surface area is 120 Å². The van der Waals surface area contributed by atoms with Gasteiger partial charge in [-0.2, -0.15) is 0 Å². The van der Waals surface area contributed by atoms with Crippen molar-refractivity contribution in [3.8, 4) is 0 Å². The van der Waals surface area contributed by atoms with Crippen molar-refractivity contribution in [1.82, 2.24) is 10.2 Å². The van der Waals surface area contributed by atoms with Crippen LogP contribution in [0.3, 0.4) is 0 Å². The van der Waals surface area contributed by atoms with Crippen molar-refractivity contribution < 1.29 is 19.1 Å². The highest BCUT2D eigenvalue weighted by atomic mass is 16.5. The molecule has 0 bridgehead atoms. The second-order valence-electron chi connectivity index (χ2n) is 5.09. The Bertz CT molecular complexity index is 322. The zero-order chi connectivity index (χ0) is 15.0. The topological polar surface area (TPSA) is 67.9 Å². The average molecular weight is 286 g/mol. The van der Waals surface area contributed by atoms with E-state index in [1.165, 1.54) is 0 Å². The second-order valence-corrected chi connectivity index (χ2v) is 5.09. The summed E-state index contributed by atoms with van der Waals surface area (Å²) in [7, 11) is 1.63. The molecule has 0 radical (unpaired) electrons. The molecule has 0 saturated carbocycles. The summed E-state index contributed by atoms with van der Waals surface area (Å²) < 4.78 is 10.3. The minimum atomic E-state index is -0.347. The molecule has 0 aromatic rings. The Balaban J connectivity index is 2.45. The molecule has 20 heavy (non-hydrogen) atoms. The maximum absolute atomic E-state index is 12.0. The van der Waals surface area contributed by atoms with Gasteiger partial charge < -0.3 is 19.7 Å². The summed E-state index contributed by atoms with van der Waals surface area (Å²) in [5.41, 5.74) is 0. The molecule has 2 atom stereocenters. The van der Waals surface area contributed by atoms with Gasteiger partial charge in [-0.1, -0.05) is 20.3 Å². The molecule has 0 aliphatic carbocycles. The third kappa shape index (κ3) is 4.76. The first kappa shape index (κ1) is 16.9. The van der Waals surface area contributed by atoms with Gasteiger partial charge in [-0.05, 0) is 12.3 Å². The number of carbonyl (C=O) groups excluding carboxylic acids is 2. The lowest BCUT2D eigenvalue weighted by Gasteiger charge is -2.38. The second kappa shape index (κ2) is 8.92. The van der Waals surface area contributed by atoms with Crippen LogP contribution >= 0.6 is 0 Å². The normalized spacial score (nSPS) is 20.9.